The average molecular weight is 245 g/mol. The maximum absolute atomic E-state index is 11.1. The Bertz CT molecular complexity index is 473. The summed E-state index contributed by atoms with van der Waals surface area (Å²) in [7, 11) is 0. The second kappa shape index (κ2) is 5.64. The van der Waals surface area contributed by atoms with Crippen LogP contribution in [0.2, 0.25) is 0 Å². The van der Waals surface area contributed by atoms with Crippen molar-refractivity contribution in [1.29, 1.82) is 0 Å². The number of carbonyl (C=O) groups is 1. The van der Waals surface area contributed by atoms with Gasteiger partial charge in [0.25, 0.3) is 0 Å². The fraction of sp³-hybridized carbons (Fsp3) is 0.214. The Morgan fingerprint density at radius 1 is 1.24 bits per heavy atom. The molecule has 0 bridgehead atoms. The number of amides is 1. The van der Waals surface area contributed by atoms with Gasteiger partial charge in [-0.3, -0.25) is 4.79 Å². The minimum absolute atomic E-state index is 0.0901. The Hall–Kier alpha value is -1.61. The van der Waals surface area contributed by atoms with Gasteiger partial charge in [-0.25, -0.2) is 0 Å². The van der Waals surface area contributed by atoms with E-state index in [0.29, 0.717) is 13.0 Å². The molecule has 0 radical (unpaired) electrons. The van der Waals surface area contributed by atoms with E-state index < -0.39 is 0 Å². The van der Waals surface area contributed by atoms with Crippen molar-refractivity contribution in [3.05, 3.63) is 47.3 Å². The number of carbonyl (C=O) groups excluding carboxylic acids is 1. The van der Waals surface area contributed by atoms with Crippen molar-refractivity contribution >= 4 is 17.2 Å². The molecule has 0 aliphatic carbocycles. The van der Waals surface area contributed by atoms with Crippen molar-refractivity contribution in [3.8, 4) is 10.4 Å². The first-order valence-corrected chi connectivity index (χ1v) is 6.57. The fourth-order valence-electron chi connectivity index (χ4n) is 1.56. The summed E-state index contributed by atoms with van der Waals surface area (Å²) < 4.78 is 0. The van der Waals surface area contributed by atoms with Crippen LogP contribution in [0.3, 0.4) is 0 Å². The second-order valence-electron chi connectivity index (χ2n) is 3.80. The third-order valence-electron chi connectivity index (χ3n) is 2.57. The van der Waals surface area contributed by atoms with Crippen LogP contribution in [0.1, 0.15) is 18.9 Å². The summed E-state index contributed by atoms with van der Waals surface area (Å²) in [6.07, 6.45) is 0.535. The van der Waals surface area contributed by atoms with E-state index in [9.17, 15) is 4.79 Å². The molecular weight excluding hydrogens is 230 g/mol. The van der Waals surface area contributed by atoms with Crippen molar-refractivity contribution < 1.29 is 4.79 Å². The summed E-state index contributed by atoms with van der Waals surface area (Å²) >= 11 is 1.73. The molecule has 0 fully saturated rings. The number of benzene rings is 1. The molecule has 2 aromatic rings. The van der Waals surface area contributed by atoms with Crippen LogP contribution in [-0.2, 0) is 11.3 Å². The quantitative estimate of drug-likeness (QED) is 0.878. The first-order chi connectivity index (χ1) is 8.29. The zero-order chi connectivity index (χ0) is 12.1. The van der Waals surface area contributed by atoms with Crippen molar-refractivity contribution in [2.75, 3.05) is 0 Å². The lowest BCUT2D eigenvalue weighted by Crippen LogP contribution is -2.21. The minimum atomic E-state index is 0.0901. The number of thiophene rings is 1. The maximum Gasteiger partial charge on any atom is 0.219 e. The van der Waals surface area contributed by atoms with Crippen LogP contribution in [0.15, 0.2) is 41.8 Å². The van der Waals surface area contributed by atoms with Crippen molar-refractivity contribution in [2.45, 2.75) is 19.9 Å². The molecule has 1 amide bonds. The van der Waals surface area contributed by atoms with E-state index in [1.165, 1.54) is 10.4 Å². The molecule has 1 aromatic carbocycles. The Morgan fingerprint density at radius 2 is 2.00 bits per heavy atom. The molecule has 2 rings (SSSR count). The van der Waals surface area contributed by atoms with Crippen LogP contribution in [0, 0.1) is 0 Å². The molecule has 0 saturated carbocycles. The van der Waals surface area contributed by atoms with Gasteiger partial charge in [0.05, 0.1) is 0 Å². The molecule has 0 aliphatic heterocycles. The van der Waals surface area contributed by atoms with Crippen LogP contribution < -0.4 is 5.32 Å². The third-order valence-corrected chi connectivity index (χ3v) is 3.49. The standard InChI is InChI=1S/C14H15NOS/c1-2-14(16)15-10-11-5-7-12(8-6-11)13-4-3-9-17-13/h3-9H,2,10H2,1H3,(H,15,16). The molecule has 0 spiro atoms. The average Bonchev–Trinajstić information content (AvgIpc) is 2.90. The number of nitrogens with one attached hydrogen (secondary N) is 1. The van der Waals surface area contributed by atoms with Gasteiger partial charge in [0.2, 0.25) is 5.91 Å². The molecular formula is C14H15NOS. The molecule has 0 atom stereocenters. The predicted octanol–water partition coefficient (Wildman–Crippen LogP) is 3.44. The fourth-order valence-corrected chi connectivity index (χ4v) is 2.29. The molecule has 17 heavy (non-hydrogen) atoms. The predicted molar refractivity (Wildman–Crippen MR) is 71.9 cm³/mol. The van der Waals surface area contributed by atoms with Crippen LogP contribution in [0.4, 0.5) is 0 Å². The molecule has 88 valence electrons. The van der Waals surface area contributed by atoms with Crippen LogP contribution in [0.25, 0.3) is 10.4 Å². The van der Waals surface area contributed by atoms with E-state index in [1.807, 2.05) is 6.92 Å². The van der Waals surface area contributed by atoms with E-state index in [4.69, 9.17) is 0 Å². The van der Waals surface area contributed by atoms with Crippen LogP contribution >= 0.6 is 11.3 Å². The van der Waals surface area contributed by atoms with Crippen LogP contribution in [0.5, 0.6) is 0 Å². The second-order valence-corrected chi connectivity index (χ2v) is 4.75. The summed E-state index contributed by atoms with van der Waals surface area (Å²) in [6, 6.07) is 12.5. The van der Waals surface area contributed by atoms with E-state index in [1.54, 1.807) is 11.3 Å². The summed E-state index contributed by atoms with van der Waals surface area (Å²) in [4.78, 5) is 12.4. The number of hydrogen-bond acceptors (Lipinski definition) is 2. The van der Waals surface area contributed by atoms with E-state index in [-0.39, 0.29) is 5.91 Å². The smallest absolute Gasteiger partial charge is 0.219 e. The summed E-state index contributed by atoms with van der Waals surface area (Å²) in [6.45, 7) is 2.46. The maximum atomic E-state index is 11.1. The highest BCUT2D eigenvalue weighted by Gasteiger charge is 2.00. The topological polar surface area (TPSA) is 29.1 Å². The largest absolute Gasteiger partial charge is 0.352 e. The lowest BCUT2D eigenvalue weighted by Gasteiger charge is -2.04. The Kier molecular flexibility index (Phi) is 3.94. The minimum Gasteiger partial charge on any atom is -0.352 e. The monoisotopic (exact) mass is 245 g/mol. The van der Waals surface area contributed by atoms with Gasteiger partial charge in [0.15, 0.2) is 0 Å². The van der Waals surface area contributed by atoms with Gasteiger partial charge in [0, 0.05) is 17.8 Å². The molecule has 3 heteroatoms. The van der Waals surface area contributed by atoms with Gasteiger partial charge in [-0.1, -0.05) is 37.3 Å². The Balaban J connectivity index is 2.01. The van der Waals surface area contributed by atoms with Gasteiger partial charge in [-0.15, -0.1) is 11.3 Å². The van der Waals surface area contributed by atoms with Crippen molar-refractivity contribution in [1.82, 2.24) is 5.32 Å². The summed E-state index contributed by atoms with van der Waals surface area (Å²) in [5, 5.41) is 4.94. The van der Waals surface area contributed by atoms with E-state index >= 15 is 0 Å². The first-order valence-electron chi connectivity index (χ1n) is 5.69. The highest BCUT2D eigenvalue weighted by molar-refractivity contribution is 7.13. The van der Waals surface area contributed by atoms with Crippen molar-refractivity contribution in [2.24, 2.45) is 0 Å². The number of hydrogen-bond donors (Lipinski definition) is 1. The van der Waals surface area contributed by atoms with E-state index in [0.717, 1.165) is 5.56 Å². The van der Waals surface area contributed by atoms with Gasteiger partial charge in [-0.2, -0.15) is 0 Å². The highest BCUT2D eigenvalue weighted by atomic mass is 32.1. The Morgan fingerprint density at radius 3 is 2.59 bits per heavy atom. The highest BCUT2D eigenvalue weighted by Crippen LogP contribution is 2.24. The van der Waals surface area contributed by atoms with Crippen LogP contribution in [-0.4, -0.2) is 5.91 Å². The number of rotatable bonds is 4. The molecule has 0 unspecified atom stereocenters. The molecule has 0 saturated heterocycles. The van der Waals surface area contributed by atoms with Crippen molar-refractivity contribution in [3.63, 3.8) is 0 Å². The van der Waals surface area contributed by atoms with Gasteiger partial charge in [0.1, 0.15) is 0 Å². The Labute approximate surface area is 105 Å². The normalized spacial score (nSPS) is 10.2. The first kappa shape index (κ1) is 11.9. The summed E-state index contributed by atoms with van der Waals surface area (Å²) in [5.74, 6) is 0.0901. The van der Waals surface area contributed by atoms with Gasteiger partial charge < -0.3 is 5.32 Å². The van der Waals surface area contributed by atoms with Gasteiger partial charge >= 0.3 is 0 Å². The van der Waals surface area contributed by atoms with Gasteiger partial charge in [-0.05, 0) is 22.6 Å². The lowest BCUT2D eigenvalue weighted by atomic mass is 10.1. The zero-order valence-corrected chi connectivity index (χ0v) is 10.6. The SMILES string of the molecule is CCC(=O)NCc1ccc(-c2cccs2)cc1. The lowest BCUT2D eigenvalue weighted by molar-refractivity contribution is -0.120. The molecule has 1 heterocycles. The zero-order valence-electron chi connectivity index (χ0n) is 9.77. The molecule has 0 aliphatic rings. The molecule has 1 N–H and O–H groups in total. The van der Waals surface area contributed by atoms with E-state index in [2.05, 4.69) is 47.1 Å². The molecule has 1 aromatic heterocycles. The third kappa shape index (κ3) is 3.17. The molecule has 2 nitrogen and oxygen atoms in total. The summed E-state index contributed by atoms with van der Waals surface area (Å²) in [5.41, 5.74) is 2.36.